The van der Waals surface area contributed by atoms with Gasteiger partial charge in [0.15, 0.2) is 0 Å². The van der Waals surface area contributed by atoms with Crippen molar-refractivity contribution in [3.63, 3.8) is 0 Å². The molecular weight excluding hydrogens is 148 g/mol. The van der Waals surface area contributed by atoms with Crippen molar-refractivity contribution in [1.29, 1.82) is 0 Å². The first-order chi connectivity index (χ1) is 5.86. The van der Waals surface area contributed by atoms with E-state index in [0.29, 0.717) is 6.04 Å². The van der Waals surface area contributed by atoms with Gasteiger partial charge in [-0.2, -0.15) is 0 Å². The van der Waals surface area contributed by atoms with Crippen LogP contribution in [0, 0.1) is 11.8 Å². The van der Waals surface area contributed by atoms with Crippen molar-refractivity contribution in [2.45, 2.75) is 38.1 Å². The maximum Gasteiger partial charge on any atom is 0.00698 e. The molecule has 1 atom stereocenters. The monoisotopic (exact) mass is 168 g/mol. The predicted octanol–water partition coefficient (Wildman–Crippen LogP) is 1.11. The smallest absolute Gasteiger partial charge is 0.00698 e. The molecule has 0 bridgehead atoms. The van der Waals surface area contributed by atoms with Gasteiger partial charge in [-0.1, -0.05) is 0 Å². The van der Waals surface area contributed by atoms with Crippen LogP contribution in [0.25, 0.3) is 0 Å². The first kappa shape index (κ1) is 8.52. The van der Waals surface area contributed by atoms with Gasteiger partial charge in [0.05, 0.1) is 0 Å². The summed E-state index contributed by atoms with van der Waals surface area (Å²) in [5, 5.41) is 3.39. The van der Waals surface area contributed by atoms with E-state index in [2.05, 4.69) is 5.32 Å². The van der Waals surface area contributed by atoms with E-state index in [9.17, 15) is 0 Å². The summed E-state index contributed by atoms with van der Waals surface area (Å²) in [5.74, 6) is 1.81. The molecule has 2 fully saturated rings. The summed E-state index contributed by atoms with van der Waals surface area (Å²) in [4.78, 5) is 0. The number of rotatable bonds is 3. The van der Waals surface area contributed by atoms with Crippen molar-refractivity contribution in [1.82, 2.24) is 5.32 Å². The minimum absolute atomic E-state index is 0.521. The molecule has 12 heavy (non-hydrogen) atoms. The van der Waals surface area contributed by atoms with Gasteiger partial charge in [-0.05, 0) is 57.0 Å². The van der Waals surface area contributed by atoms with E-state index in [0.717, 1.165) is 11.8 Å². The molecule has 0 aromatic heterocycles. The van der Waals surface area contributed by atoms with Crippen LogP contribution in [0.2, 0.25) is 0 Å². The SMILES string of the molecule is NC(CC1CCNCC1)C1CC1. The third-order valence-electron chi connectivity index (χ3n) is 3.29. The summed E-state index contributed by atoms with van der Waals surface area (Å²) >= 11 is 0. The lowest BCUT2D eigenvalue weighted by atomic mass is 9.90. The minimum atomic E-state index is 0.521. The molecule has 2 aliphatic rings. The Bertz CT molecular complexity index is 137. The highest BCUT2D eigenvalue weighted by Gasteiger charge is 2.30. The molecule has 1 saturated heterocycles. The van der Waals surface area contributed by atoms with Crippen LogP contribution in [0.1, 0.15) is 32.1 Å². The van der Waals surface area contributed by atoms with Crippen LogP contribution in [0.5, 0.6) is 0 Å². The van der Waals surface area contributed by atoms with Crippen molar-refractivity contribution < 1.29 is 0 Å². The molecule has 0 amide bonds. The Hall–Kier alpha value is -0.0800. The molecule has 0 aromatic carbocycles. The summed E-state index contributed by atoms with van der Waals surface area (Å²) in [7, 11) is 0. The third-order valence-corrected chi connectivity index (χ3v) is 3.29. The minimum Gasteiger partial charge on any atom is -0.327 e. The fourth-order valence-electron chi connectivity index (χ4n) is 2.22. The van der Waals surface area contributed by atoms with Gasteiger partial charge < -0.3 is 11.1 Å². The van der Waals surface area contributed by atoms with Gasteiger partial charge in [-0.3, -0.25) is 0 Å². The summed E-state index contributed by atoms with van der Waals surface area (Å²) in [6.45, 7) is 2.42. The first-order valence-corrected chi connectivity index (χ1v) is 5.32. The zero-order valence-electron chi connectivity index (χ0n) is 7.76. The lowest BCUT2D eigenvalue weighted by Gasteiger charge is -2.25. The largest absolute Gasteiger partial charge is 0.327 e. The molecule has 2 nitrogen and oxygen atoms in total. The average Bonchev–Trinajstić information content (AvgIpc) is 2.88. The van der Waals surface area contributed by atoms with Crippen LogP contribution in [0.3, 0.4) is 0 Å². The Labute approximate surface area is 74.9 Å². The van der Waals surface area contributed by atoms with E-state index < -0.39 is 0 Å². The Balaban J connectivity index is 1.69. The molecule has 2 rings (SSSR count). The van der Waals surface area contributed by atoms with Crippen molar-refractivity contribution in [3.8, 4) is 0 Å². The lowest BCUT2D eigenvalue weighted by Crippen LogP contribution is -2.33. The molecule has 1 heterocycles. The number of nitrogens with one attached hydrogen (secondary N) is 1. The zero-order valence-corrected chi connectivity index (χ0v) is 7.76. The standard InChI is InChI=1S/C10H20N2/c11-10(9-1-2-9)7-8-3-5-12-6-4-8/h8-10,12H,1-7,11H2. The zero-order chi connectivity index (χ0) is 8.39. The number of piperidine rings is 1. The third kappa shape index (κ3) is 2.20. The van der Waals surface area contributed by atoms with Crippen molar-refractivity contribution in [2.75, 3.05) is 13.1 Å². The Morgan fingerprint density at radius 3 is 2.42 bits per heavy atom. The highest BCUT2D eigenvalue weighted by molar-refractivity contribution is 4.86. The van der Waals surface area contributed by atoms with E-state index in [1.54, 1.807) is 0 Å². The summed E-state index contributed by atoms with van der Waals surface area (Å²) < 4.78 is 0. The van der Waals surface area contributed by atoms with Crippen molar-refractivity contribution in [2.24, 2.45) is 17.6 Å². The molecule has 1 saturated carbocycles. The second kappa shape index (κ2) is 3.75. The second-order valence-electron chi connectivity index (χ2n) is 4.43. The van der Waals surface area contributed by atoms with E-state index in [1.807, 2.05) is 0 Å². The maximum atomic E-state index is 6.09. The molecule has 0 radical (unpaired) electrons. The fraction of sp³-hybridized carbons (Fsp3) is 1.00. The van der Waals surface area contributed by atoms with E-state index >= 15 is 0 Å². The summed E-state index contributed by atoms with van der Waals surface area (Å²) in [5.41, 5.74) is 6.09. The summed E-state index contributed by atoms with van der Waals surface area (Å²) in [6.07, 6.45) is 6.77. The van der Waals surface area contributed by atoms with Gasteiger partial charge >= 0.3 is 0 Å². The summed E-state index contributed by atoms with van der Waals surface area (Å²) in [6, 6.07) is 0.521. The molecule has 1 unspecified atom stereocenters. The highest BCUT2D eigenvalue weighted by Crippen LogP contribution is 2.35. The van der Waals surface area contributed by atoms with E-state index in [-0.39, 0.29) is 0 Å². The highest BCUT2D eigenvalue weighted by atomic mass is 14.9. The van der Waals surface area contributed by atoms with Gasteiger partial charge in [-0.25, -0.2) is 0 Å². The van der Waals surface area contributed by atoms with Crippen molar-refractivity contribution in [3.05, 3.63) is 0 Å². The Kier molecular flexibility index (Phi) is 2.66. The molecule has 0 spiro atoms. The van der Waals surface area contributed by atoms with Crippen LogP contribution in [-0.4, -0.2) is 19.1 Å². The predicted molar refractivity (Wildman–Crippen MR) is 50.9 cm³/mol. The van der Waals surface area contributed by atoms with E-state index in [4.69, 9.17) is 5.73 Å². The van der Waals surface area contributed by atoms with Crippen LogP contribution in [0.4, 0.5) is 0 Å². The van der Waals surface area contributed by atoms with Crippen molar-refractivity contribution >= 4 is 0 Å². The van der Waals surface area contributed by atoms with E-state index in [1.165, 1.54) is 45.2 Å². The van der Waals surface area contributed by atoms with Crippen LogP contribution in [0.15, 0.2) is 0 Å². The Morgan fingerprint density at radius 2 is 1.83 bits per heavy atom. The molecule has 1 aliphatic carbocycles. The number of hydrogen-bond donors (Lipinski definition) is 2. The Morgan fingerprint density at radius 1 is 1.17 bits per heavy atom. The van der Waals surface area contributed by atoms with Gasteiger partial charge in [0, 0.05) is 6.04 Å². The van der Waals surface area contributed by atoms with Gasteiger partial charge in [0.1, 0.15) is 0 Å². The van der Waals surface area contributed by atoms with Crippen LogP contribution >= 0.6 is 0 Å². The van der Waals surface area contributed by atoms with Gasteiger partial charge in [0.2, 0.25) is 0 Å². The average molecular weight is 168 g/mol. The topological polar surface area (TPSA) is 38.0 Å². The maximum absolute atomic E-state index is 6.09. The molecule has 3 N–H and O–H groups in total. The van der Waals surface area contributed by atoms with Crippen LogP contribution < -0.4 is 11.1 Å². The normalized spacial score (nSPS) is 28.8. The quantitative estimate of drug-likeness (QED) is 0.662. The lowest BCUT2D eigenvalue weighted by molar-refractivity contribution is 0.320. The van der Waals surface area contributed by atoms with Crippen LogP contribution in [-0.2, 0) is 0 Å². The second-order valence-corrected chi connectivity index (χ2v) is 4.43. The number of hydrogen-bond acceptors (Lipinski definition) is 2. The first-order valence-electron chi connectivity index (χ1n) is 5.32. The molecule has 70 valence electrons. The molecule has 1 aliphatic heterocycles. The number of nitrogens with two attached hydrogens (primary N) is 1. The molecule has 2 heteroatoms. The van der Waals surface area contributed by atoms with Gasteiger partial charge in [0.25, 0.3) is 0 Å². The fourth-order valence-corrected chi connectivity index (χ4v) is 2.22. The van der Waals surface area contributed by atoms with Gasteiger partial charge in [-0.15, -0.1) is 0 Å². The molecule has 0 aromatic rings. The molecular formula is C10H20N2.